The fourth-order valence-electron chi connectivity index (χ4n) is 1.26. The summed E-state index contributed by atoms with van der Waals surface area (Å²) in [7, 11) is 3.23. The first-order chi connectivity index (χ1) is 7.72. The molecule has 1 aromatic carbocycles. The van der Waals surface area contributed by atoms with Gasteiger partial charge in [-0.05, 0) is 24.6 Å². The highest BCUT2D eigenvalue weighted by Gasteiger charge is 2.09. The van der Waals surface area contributed by atoms with E-state index in [-0.39, 0.29) is 0 Å². The van der Waals surface area contributed by atoms with E-state index in [9.17, 15) is 0 Å². The predicted molar refractivity (Wildman–Crippen MR) is 65.7 cm³/mol. The van der Waals surface area contributed by atoms with Gasteiger partial charge in [-0.3, -0.25) is 0 Å². The molecular formula is C11H16BrNO3. The Hall–Kier alpha value is -0.780. The minimum atomic E-state index is 0.606. The van der Waals surface area contributed by atoms with Crippen LogP contribution in [0.3, 0.4) is 0 Å². The van der Waals surface area contributed by atoms with Crippen LogP contribution in [0.1, 0.15) is 12.5 Å². The van der Waals surface area contributed by atoms with Crippen LogP contribution in [0.4, 0.5) is 0 Å². The molecule has 1 N–H and O–H groups in total. The molecule has 0 unspecified atom stereocenters. The lowest BCUT2D eigenvalue weighted by atomic mass is 10.2. The van der Waals surface area contributed by atoms with E-state index in [2.05, 4.69) is 21.4 Å². The van der Waals surface area contributed by atoms with Gasteiger partial charge in [-0.1, -0.05) is 15.9 Å². The van der Waals surface area contributed by atoms with Crippen LogP contribution < -0.4 is 15.0 Å². The van der Waals surface area contributed by atoms with Crippen LogP contribution in [0.25, 0.3) is 0 Å². The second kappa shape index (κ2) is 6.73. The van der Waals surface area contributed by atoms with E-state index in [0.29, 0.717) is 24.7 Å². The zero-order valence-electron chi connectivity index (χ0n) is 9.67. The van der Waals surface area contributed by atoms with Crippen LogP contribution in [-0.4, -0.2) is 20.8 Å². The Balaban J connectivity index is 2.84. The molecule has 0 aromatic heterocycles. The summed E-state index contributed by atoms with van der Waals surface area (Å²) in [6.45, 7) is 3.16. The minimum Gasteiger partial charge on any atom is -0.493 e. The van der Waals surface area contributed by atoms with Crippen molar-refractivity contribution in [2.75, 3.05) is 20.8 Å². The van der Waals surface area contributed by atoms with E-state index in [4.69, 9.17) is 14.3 Å². The fourth-order valence-corrected chi connectivity index (χ4v) is 1.73. The topological polar surface area (TPSA) is 39.7 Å². The van der Waals surface area contributed by atoms with Gasteiger partial charge in [0.15, 0.2) is 11.5 Å². The Labute approximate surface area is 104 Å². The van der Waals surface area contributed by atoms with Gasteiger partial charge in [0, 0.05) is 11.0 Å². The van der Waals surface area contributed by atoms with Gasteiger partial charge in [-0.25, -0.2) is 0 Å². The van der Waals surface area contributed by atoms with Crippen LogP contribution in [0.5, 0.6) is 11.5 Å². The van der Waals surface area contributed by atoms with Crippen molar-refractivity contribution in [1.82, 2.24) is 5.48 Å². The molecule has 5 heteroatoms. The molecule has 0 spiro atoms. The average molecular weight is 290 g/mol. The highest BCUT2D eigenvalue weighted by atomic mass is 79.9. The van der Waals surface area contributed by atoms with Gasteiger partial charge in [-0.15, -0.1) is 0 Å². The highest BCUT2D eigenvalue weighted by molar-refractivity contribution is 9.10. The zero-order valence-corrected chi connectivity index (χ0v) is 11.3. The number of nitrogens with one attached hydrogen (secondary N) is 1. The number of benzene rings is 1. The van der Waals surface area contributed by atoms with Crippen LogP contribution in [0, 0.1) is 0 Å². The summed E-state index contributed by atoms with van der Waals surface area (Å²) < 4.78 is 11.4. The molecule has 0 aliphatic rings. The largest absolute Gasteiger partial charge is 0.493 e. The molecule has 0 fully saturated rings. The molecule has 1 aromatic rings. The van der Waals surface area contributed by atoms with Gasteiger partial charge in [0.25, 0.3) is 0 Å². The number of methoxy groups -OCH3 is 2. The molecule has 90 valence electrons. The molecule has 16 heavy (non-hydrogen) atoms. The first-order valence-electron chi connectivity index (χ1n) is 4.98. The summed E-state index contributed by atoms with van der Waals surface area (Å²) in [6, 6.07) is 3.79. The number of ether oxygens (including phenoxy) is 2. The number of halogens is 1. The van der Waals surface area contributed by atoms with E-state index in [0.717, 1.165) is 10.0 Å². The molecule has 0 heterocycles. The first kappa shape index (κ1) is 13.3. The summed E-state index contributed by atoms with van der Waals surface area (Å²) in [4.78, 5) is 5.08. The zero-order chi connectivity index (χ0) is 12.0. The molecule has 0 saturated heterocycles. The normalized spacial score (nSPS) is 10.2. The third-order valence-electron chi connectivity index (χ3n) is 2.06. The number of rotatable bonds is 6. The van der Waals surface area contributed by atoms with Crippen molar-refractivity contribution < 1.29 is 14.3 Å². The van der Waals surface area contributed by atoms with Gasteiger partial charge < -0.3 is 14.3 Å². The summed E-state index contributed by atoms with van der Waals surface area (Å²) >= 11 is 3.47. The summed E-state index contributed by atoms with van der Waals surface area (Å²) in [6.07, 6.45) is 0. The lowest BCUT2D eigenvalue weighted by Crippen LogP contribution is -2.14. The Kier molecular flexibility index (Phi) is 5.59. The highest BCUT2D eigenvalue weighted by Crippen LogP contribution is 2.33. The SMILES string of the molecule is CCONCc1cc(OC)c(OC)cc1Br. The molecule has 1 rings (SSSR count). The van der Waals surface area contributed by atoms with E-state index < -0.39 is 0 Å². The van der Waals surface area contributed by atoms with Gasteiger partial charge in [0.1, 0.15) is 0 Å². The van der Waals surface area contributed by atoms with Crippen molar-refractivity contribution in [1.29, 1.82) is 0 Å². The molecule has 4 nitrogen and oxygen atoms in total. The second-order valence-corrected chi connectivity index (χ2v) is 3.91. The monoisotopic (exact) mass is 289 g/mol. The van der Waals surface area contributed by atoms with Gasteiger partial charge in [-0.2, -0.15) is 5.48 Å². The molecule has 0 aliphatic heterocycles. The number of hydrogen-bond donors (Lipinski definition) is 1. The van der Waals surface area contributed by atoms with Gasteiger partial charge in [0.2, 0.25) is 0 Å². The molecular weight excluding hydrogens is 274 g/mol. The van der Waals surface area contributed by atoms with Crippen molar-refractivity contribution in [2.24, 2.45) is 0 Å². The molecule has 0 bridgehead atoms. The minimum absolute atomic E-state index is 0.606. The summed E-state index contributed by atoms with van der Waals surface area (Å²) in [5.74, 6) is 1.41. The number of hydroxylamine groups is 1. The molecule has 0 saturated carbocycles. The maximum Gasteiger partial charge on any atom is 0.161 e. The summed E-state index contributed by atoms with van der Waals surface area (Å²) in [5, 5.41) is 0. The van der Waals surface area contributed by atoms with Crippen molar-refractivity contribution in [3.63, 3.8) is 0 Å². The van der Waals surface area contributed by atoms with Crippen LogP contribution in [0.2, 0.25) is 0 Å². The Morgan fingerprint density at radius 1 is 1.19 bits per heavy atom. The standard InChI is InChI=1S/C11H16BrNO3/c1-4-16-13-7-8-5-10(14-2)11(15-3)6-9(8)12/h5-6,13H,4,7H2,1-3H3. The second-order valence-electron chi connectivity index (χ2n) is 3.05. The molecule has 0 aliphatic carbocycles. The molecule has 0 radical (unpaired) electrons. The fraction of sp³-hybridized carbons (Fsp3) is 0.455. The van der Waals surface area contributed by atoms with Crippen LogP contribution in [-0.2, 0) is 11.4 Å². The lowest BCUT2D eigenvalue weighted by Gasteiger charge is -2.12. The Morgan fingerprint density at radius 2 is 1.81 bits per heavy atom. The molecule has 0 amide bonds. The van der Waals surface area contributed by atoms with Crippen molar-refractivity contribution in [2.45, 2.75) is 13.5 Å². The van der Waals surface area contributed by atoms with Crippen molar-refractivity contribution >= 4 is 15.9 Å². The third kappa shape index (κ3) is 3.37. The van der Waals surface area contributed by atoms with E-state index in [1.807, 2.05) is 19.1 Å². The molecule has 0 atom stereocenters. The van der Waals surface area contributed by atoms with Crippen molar-refractivity contribution in [3.05, 3.63) is 22.2 Å². The van der Waals surface area contributed by atoms with Gasteiger partial charge >= 0.3 is 0 Å². The Bertz CT molecular complexity index is 344. The van der Waals surface area contributed by atoms with Crippen LogP contribution in [0.15, 0.2) is 16.6 Å². The van der Waals surface area contributed by atoms with Crippen molar-refractivity contribution in [3.8, 4) is 11.5 Å². The number of hydrogen-bond acceptors (Lipinski definition) is 4. The lowest BCUT2D eigenvalue weighted by molar-refractivity contribution is 0.0462. The van der Waals surface area contributed by atoms with E-state index in [1.165, 1.54) is 0 Å². The quantitative estimate of drug-likeness (QED) is 0.645. The van der Waals surface area contributed by atoms with Gasteiger partial charge in [0.05, 0.1) is 20.8 Å². The van der Waals surface area contributed by atoms with E-state index >= 15 is 0 Å². The Morgan fingerprint density at radius 3 is 2.38 bits per heavy atom. The maximum atomic E-state index is 5.22. The first-order valence-corrected chi connectivity index (χ1v) is 5.77. The van der Waals surface area contributed by atoms with E-state index in [1.54, 1.807) is 14.2 Å². The summed E-state index contributed by atoms with van der Waals surface area (Å²) in [5.41, 5.74) is 3.90. The average Bonchev–Trinajstić information content (AvgIpc) is 2.31. The van der Waals surface area contributed by atoms with Crippen LogP contribution >= 0.6 is 15.9 Å². The maximum absolute atomic E-state index is 5.22. The predicted octanol–water partition coefficient (Wildman–Crippen LogP) is 2.51. The smallest absolute Gasteiger partial charge is 0.161 e. The third-order valence-corrected chi connectivity index (χ3v) is 2.80.